The van der Waals surface area contributed by atoms with Crippen molar-refractivity contribution in [2.24, 2.45) is 0 Å². The fourth-order valence-corrected chi connectivity index (χ4v) is 2.66. The second-order valence-electron chi connectivity index (χ2n) is 5.87. The quantitative estimate of drug-likeness (QED) is 0.603. The molecule has 0 aliphatic heterocycles. The van der Waals surface area contributed by atoms with Crippen LogP contribution in [0.15, 0.2) is 47.0 Å². The van der Waals surface area contributed by atoms with Crippen molar-refractivity contribution in [3.63, 3.8) is 0 Å². The summed E-state index contributed by atoms with van der Waals surface area (Å²) in [7, 11) is 1.55. The van der Waals surface area contributed by atoms with Gasteiger partial charge in [0.1, 0.15) is 0 Å². The molecule has 0 aliphatic carbocycles. The van der Waals surface area contributed by atoms with Gasteiger partial charge in [-0.3, -0.25) is 4.79 Å². The lowest BCUT2D eigenvalue weighted by Crippen LogP contribution is -2.12. The van der Waals surface area contributed by atoms with Crippen LogP contribution in [0.1, 0.15) is 19.2 Å². The van der Waals surface area contributed by atoms with E-state index in [0.29, 0.717) is 47.0 Å². The number of carbonyl (C=O) groups excluding carboxylic acids is 1. The largest absolute Gasteiger partial charge is 0.493 e. The molecule has 0 spiro atoms. The zero-order valence-electron chi connectivity index (χ0n) is 15.6. The Morgan fingerprint density at radius 2 is 1.96 bits per heavy atom. The molecule has 1 heterocycles. The Balaban J connectivity index is 1.57. The maximum atomic E-state index is 12.2. The standard InChI is InChI=1S/C20H20ClN3O4/c1-3-27-16-9-8-15(12-17(16)26-2)22-18(25)10-11-19-23-20(24-28-19)13-4-6-14(21)7-5-13/h4-9,12H,3,10-11H2,1-2H3,(H,22,25). The zero-order valence-corrected chi connectivity index (χ0v) is 16.3. The van der Waals surface area contributed by atoms with E-state index in [-0.39, 0.29) is 12.3 Å². The highest BCUT2D eigenvalue weighted by Crippen LogP contribution is 2.30. The Hall–Kier alpha value is -3.06. The van der Waals surface area contributed by atoms with Crippen LogP contribution >= 0.6 is 11.6 Å². The Bertz CT molecular complexity index is 941. The predicted molar refractivity (Wildman–Crippen MR) is 106 cm³/mol. The Labute approximate surface area is 167 Å². The number of hydrogen-bond donors (Lipinski definition) is 1. The monoisotopic (exact) mass is 401 g/mol. The number of benzene rings is 2. The van der Waals surface area contributed by atoms with Crippen LogP contribution in [0.4, 0.5) is 5.69 Å². The average Bonchev–Trinajstić information content (AvgIpc) is 3.17. The molecule has 1 amide bonds. The van der Waals surface area contributed by atoms with Gasteiger partial charge in [0.2, 0.25) is 17.6 Å². The third-order valence-electron chi connectivity index (χ3n) is 3.88. The Morgan fingerprint density at radius 3 is 2.68 bits per heavy atom. The van der Waals surface area contributed by atoms with Crippen molar-refractivity contribution in [2.75, 3.05) is 19.0 Å². The van der Waals surface area contributed by atoms with Crippen LogP contribution in [0, 0.1) is 0 Å². The van der Waals surface area contributed by atoms with Crippen LogP contribution in [0.25, 0.3) is 11.4 Å². The molecule has 3 rings (SSSR count). The van der Waals surface area contributed by atoms with E-state index in [1.54, 1.807) is 37.4 Å². The maximum absolute atomic E-state index is 12.2. The van der Waals surface area contributed by atoms with Crippen LogP contribution in [-0.2, 0) is 11.2 Å². The first-order chi connectivity index (χ1) is 13.6. The first-order valence-corrected chi connectivity index (χ1v) is 9.16. The minimum Gasteiger partial charge on any atom is -0.493 e. The smallest absolute Gasteiger partial charge is 0.227 e. The van der Waals surface area contributed by atoms with Gasteiger partial charge in [-0.2, -0.15) is 4.98 Å². The Morgan fingerprint density at radius 1 is 1.18 bits per heavy atom. The molecule has 0 saturated carbocycles. The molecule has 0 saturated heterocycles. The van der Waals surface area contributed by atoms with Crippen molar-refractivity contribution in [3.8, 4) is 22.9 Å². The molecule has 7 nitrogen and oxygen atoms in total. The molecule has 0 unspecified atom stereocenters. The predicted octanol–water partition coefficient (Wildman–Crippen LogP) is 4.37. The van der Waals surface area contributed by atoms with E-state index in [1.165, 1.54) is 0 Å². The lowest BCUT2D eigenvalue weighted by molar-refractivity contribution is -0.116. The highest BCUT2D eigenvalue weighted by atomic mass is 35.5. The van der Waals surface area contributed by atoms with E-state index in [2.05, 4.69) is 15.5 Å². The number of methoxy groups -OCH3 is 1. The van der Waals surface area contributed by atoms with Gasteiger partial charge in [-0.25, -0.2) is 0 Å². The number of amides is 1. The summed E-state index contributed by atoms with van der Waals surface area (Å²) in [6.07, 6.45) is 0.540. The molecule has 1 aromatic heterocycles. The van der Waals surface area contributed by atoms with Gasteiger partial charge >= 0.3 is 0 Å². The molecular formula is C20H20ClN3O4. The summed E-state index contributed by atoms with van der Waals surface area (Å²) in [4.78, 5) is 16.5. The molecule has 146 valence electrons. The topological polar surface area (TPSA) is 86.5 Å². The minimum absolute atomic E-state index is 0.169. The van der Waals surface area contributed by atoms with E-state index >= 15 is 0 Å². The number of carbonyl (C=O) groups is 1. The van der Waals surface area contributed by atoms with Gasteiger partial charge in [-0.1, -0.05) is 16.8 Å². The summed E-state index contributed by atoms with van der Waals surface area (Å²) in [6.45, 7) is 2.43. The average molecular weight is 402 g/mol. The lowest BCUT2D eigenvalue weighted by Gasteiger charge is -2.11. The number of aryl methyl sites for hydroxylation is 1. The molecule has 0 atom stereocenters. The Kier molecular flexibility index (Phi) is 6.49. The summed E-state index contributed by atoms with van der Waals surface area (Å²) in [5.41, 5.74) is 1.42. The zero-order chi connectivity index (χ0) is 19.9. The third kappa shape index (κ3) is 5.01. The third-order valence-corrected chi connectivity index (χ3v) is 4.14. The summed E-state index contributed by atoms with van der Waals surface area (Å²) in [5.74, 6) is 1.87. The van der Waals surface area contributed by atoms with Gasteiger partial charge in [-0.15, -0.1) is 0 Å². The van der Waals surface area contributed by atoms with Crippen molar-refractivity contribution >= 4 is 23.2 Å². The summed E-state index contributed by atoms with van der Waals surface area (Å²) in [6, 6.07) is 12.4. The molecule has 8 heteroatoms. The van der Waals surface area contributed by atoms with Crippen LogP contribution in [0.3, 0.4) is 0 Å². The number of hydrogen-bond acceptors (Lipinski definition) is 6. The molecule has 0 fully saturated rings. The normalized spacial score (nSPS) is 10.5. The fourth-order valence-electron chi connectivity index (χ4n) is 2.54. The summed E-state index contributed by atoms with van der Waals surface area (Å²) >= 11 is 5.88. The SMILES string of the molecule is CCOc1ccc(NC(=O)CCc2nc(-c3ccc(Cl)cc3)no2)cc1OC. The summed E-state index contributed by atoms with van der Waals surface area (Å²) < 4.78 is 16.0. The van der Waals surface area contributed by atoms with Crippen LogP contribution < -0.4 is 14.8 Å². The highest BCUT2D eigenvalue weighted by Gasteiger charge is 2.12. The van der Waals surface area contributed by atoms with E-state index in [1.807, 2.05) is 19.1 Å². The molecule has 0 bridgehead atoms. The van der Waals surface area contributed by atoms with E-state index in [4.69, 9.17) is 25.6 Å². The number of aromatic nitrogens is 2. The number of nitrogens with one attached hydrogen (secondary N) is 1. The van der Waals surface area contributed by atoms with Crippen molar-refractivity contribution in [2.45, 2.75) is 19.8 Å². The van der Waals surface area contributed by atoms with Crippen LogP contribution in [-0.4, -0.2) is 29.8 Å². The fraction of sp³-hybridized carbons (Fsp3) is 0.250. The maximum Gasteiger partial charge on any atom is 0.227 e. The first kappa shape index (κ1) is 19.7. The molecule has 0 radical (unpaired) electrons. The summed E-state index contributed by atoms with van der Waals surface area (Å²) in [5, 5.41) is 7.39. The van der Waals surface area contributed by atoms with Gasteiger partial charge in [0, 0.05) is 35.2 Å². The lowest BCUT2D eigenvalue weighted by atomic mass is 10.2. The van der Waals surface area contributed by atoms with E-state index in [0.717, 1.165) is 5.56 Å². The molecule has 2 aromatic carbocycles. The second-order valence-corrected chi connectivity index (χ2v) is 6.30. The van der Waals surface area contributed by atoms with Gasteiger partial charge in [-0.05, 0) is 43.3 Å². The van der Waals surface area contributed by atoms with Gasteiger partial charge in [0.15, 0.2) is 11.5 Å². The highest BCUT2D eigenvalue weighted by molar-refractivity contribution is 6.30. The van der Waals surface area contributed by atoms with E-state index in [9.17, 15) is 4.79 Å². The van der Waals surface area contributed by atoms with Crippen LogP contribution in [0.2, 0.25) is 5.02 Å². The van der Waals surface area contributed by atoms with Crippen LogP contribution in [0.5, 0.6) is 11.5 Å². The van der Waals surface area contributed by atoms with Crippen molar-refractivity contribution in [1.29, 1.82) is 0 Å². The number of rotatable bonds is 8. The van der Waals surface area contributed by atoms with E-state index < -0.39 is 0 Å². The molecule has 3 aromatic rings. The second kappa shape index (κ2) is 9.23. The number of nitrogens with zero attached hydrogens (tertiary/aromatic N) is 2. The van der Waals surface area contributed by atoms with Gasteiger partial charge < -0.3 is 19.3 Å². The van der Waals surface area contributed by atoms with Crippen molar-refractivity contribution < 1.29 is 18.8 Å². The van der Waals surface area contributed by atoms with Gasteiger partial charge in [0.25, 0.3) is 0 Å². The number of ether oxygens (including phenoxy) is 2. The molecule has 0 aliphatic rings. The van der Waals surface area contributed by atoms with Crippen molar-refractivity contribution in [3.05, 3.63) is 53.4 Å². The molecule has 1 N–H and O–H groups in total. The first-order valence-electron chi connectivity index (χ1n) is 8.78. The minimum atomic E-state index is -0.169. The number of halogens is 1. The number of anilines is 1. The van der Waals surface area contributed by atoms with Crippen molar-refractivity contribution in [1.82, 2.24) is 10.1 Å². The molecule has 28 heavy (non-hydrogen) atoms. The van der Waals surface area contributed by atoms with Gasteiger partial charge in [0.05, 0.1) is 13.7 Å². The molecular weight excluding hydrogens is 382 g/mol.